The molecule has 0 aromatic rings. The molecular formula is C24H40O5Si. The molecule has 0 aliphatic heterocycles. The van der Waals surface area contributed by atoms with E-state index in [1.54, 1.807) is 0 Å². The molecule has 30 heavy (non-hydrogen) atoms. The molecule has 0 bridgehead atoms. The van der Waals surface area contributed by atoms with Crippen molar-refractivity contribution < 1.29 is 24.2 Å². The number of carboxylic acids is 1. The minimum Gasteiger partial charge on any atom is -0.481 e. The van der Waals surface area contributed by atoms with E-state index in [0.29, 0.717) is 17.8 Å². The quantitative estimate of drug-likeness (QED) is 0.377. The van der Waals surface area contributed by atoms with Gasteiger partial charge in [-0.05, 0) is 94.2 Å². The van der Waals surface area contributed by atoms with Crippen LogP contribution in [0.2, 0.25) is 19.6 Å². The van der Waals surface area contributed by atoms with E-state index in [4.69, 9.17) is 14.3 Å². The first-order valence-electron chi connectivity index (χ1n) is 11.7. The smallest absolute Gasteiger partial charge is 0.300 e. The predicted molar refractivity (Wildman–Crippen MR) is 120 cm³/mol. The van der Waals surface area contributed by atoms with Gasteiger partial charge in [-0.3, -0.25) is 4.79 Å². The Morgan fingerprint density at radius 1 is 1.13 bits per heavy atom. The Labute approximate surface area is 182 Å². The first kappa shape index (κ1) is 23.7. The number of hydrogen-bond donors (Lipinski definition) is 2. The van der Waals surface area contributed by atoms with E-state index in [1.165, 1.54) is 18.3 Å². The van der Waals surface area contributed by atoms with Crippen molar-refractivity contribution in [3.05, 3.63) is 11.6 Å². The molecule has 0 heterocycles. The van der Waals surface area contributed by atoms with Crippen molar-refractivity contribution in [2.24, 2.45) is 28.6 Å². The molecule has 0 spiro atoms. The van der Waals surface area contributed by atoms with E-state index < -0.39 is 14.3 Å². The molecule has 170 valence electrons. The van der Waals surface area contributed by atoms with Gasteiger partial charge in [0.1, 0.15) is 6.29 Å². The molecule has 4 aliphatic carbocycles. The maximum absolute atomic E-state index is 12.5. The Morgan fingerprint density at radius 2 is 1.80 bits per heavy atom. The number of hydrogen-bond acceptors (Lipinski definition) is 4. The highest BCUT2D eigenvalue weighted by molar-refractivity contribution is 6.69. The third-order valence-corrected chi connectivity index (χ3v) is 9.35. The summed E-state index contributed by atoms with van der Waals surface area (Å²) in [6.07, 6.45) is 12.2. The summed E-state index contributed by atoms with van der Waals surface area (Å²) in [5.41, 5.74) is 1.23. The maximum atomic E-state index is 12.5. The topological polar surface area (TPSA) is 83.8 Å². The average Bonchev–Trinajstić information content (AvgIpc) is 2.94. The summed E-state index contributed by atoms with van der Waals surface area (Å²) in [5.74, 6) is 0.865. The molecule has 4 aliphatic rings. The lowest BCUT2D eigenvalue weighted by Gasteiger charge is -2.57. The molecular weight excluding hydrogens is 396 g/mol. The minimum atomic E-state index is -1.57. The molecule has 3 saturated carbocycles. The number of aliphatic hydroxyl groups is 1. The highest BCUT2D eigenvalue weighted by Crippen LogP contribution is 2.65. The van der Waals surface area contributed by atoms with E-state index in [0.717, 1.165) is 51.9 Å². The van der Waals surface area contributed by atoms with Gasteiger partial charge in [0.05, 0.1) is 17.6 Å². The Balaban J connectivity index is 0.000000589. The molecule has 0 saturated heterocycles. The summed E-state index contributed by atoms with van der Waals surface area (Å²) in [7, 11) is -1.57. The number of aldehydes is 1. The second-order valence-electron chi connectivity index (χ2n) is 11.2. The first-order chi connectivity index (χ1) is 13.9. The van der Waals surface area contributed by atoms with Gasteiger partial charge in [-0.15, -0.1) is 0 Å². The van der Waals surface area contributed by atoms with Crippen molar-refractivity contribution in [1.29, 1.82) is 0 Å². The number of aliphatic hydroxyl groups excluding tert-OH is 1. The number of aliphatic carboxylic acids is 1. The van der Waals surface area contributed by atoms with Gasteiger partial charge in [0.25, 0.3) is 5.97 Å². The zero-order valence-electron chi connectivity index (χ0n) is 19.3. The van der Waals surface area contributed by atoms with Crippen LogP contribution in [0.1, 0.15) is 65.2 Å². The number of allylic oxidation sites excluding steroid dienone is 1. The van der Waals surface area contributed by atoms with E-state index in [1.807, 2.05) is 0 Å². The average molecular weight is 437 g/mol. The van der Waals surface area contributed by atoms with Crippen LogP contribution in [0, 0.1) is 28.6 Å². The molecule has 0 amide bonds. The third kappa shape index (κ3) is 4.33. The van der Waals surface area contributed by atoms with Crippen molar-refractivity contribution in [2.75, 3.05) is 0 Å². The lowest BCUT2D eigenvalue weighted by Crippen LogP contribution is -2.53. The van der Waals surface area contributed by atoms with Crippen LogP contribution in [0.3, 0.4) is 0 Å². The van der Waals surface area contributed by atoms with Gasteiger partial charge in [-0.2, -0.15) is 0 Å². The Kier molecular flexibility index (Phi) is 6.72. The monoisotopic (exact) mass is 436 g/mol. The summed E-state index contributed by atoms with van der Waals surface area (Å²) in [6.45, 7) is 10.1. The zero-order chi connectivity index (χ0) is 22.3. The molecule has 0 aromatic carbocycles. The molecule has 0 radical (unpaired) electrons. The summed E-state index contributed by atoms with van der Waals surface area (Å²) in [6, 6.07) is 0. The van der Waals surface area contributed by atoms with Crippen molar-refractivity contribution in [2.45, 2.75) is 97.1 Å². The Bertz CT molecular complexity index is 694. The van der Waals surface area contributed by atoms with Gasteiger partial charge in [0.2, 0.25) is 0 Å². The molecule has 4 rings (SSSR count). The van der Waals surface area contributed by atoms with Crippen LogP contribution < -0.4 is 0 Å². The van der Waals surface area contributed by atoms with Gasteiger partial charge in [0, 0.05) is 6.92 Å². The van der Waals surface area contributed by atoms with Crippen LogP contribution in [0.25, 0.3) is 0 Å². The normalized spacial score (nSPS) is 42.6. The van der Waals surface area contributed by atoms with Crippen LogP contribution in [0.4, 0.5) is 0 Å². The largest absolute Gasteiger partial charge is 0.481 e. The molecule has 7 atom stereocenters. The fourth-order valence-electron chi connectivity index (χ4n) is 7.14. The van der Waals surface area contributed by atoms with Crippen molar-refractivity contribution in [3.63, 3.8) is 0 Å². The molecule has 6 heteroatoms. The predicted octanol–water partition coefficient (Wildman–Crippen LogP) is 4.80. The number of carbonyl (C=O) groups is 2. The molecule has 2 N–H and O–H groups in total. The van der Waals surface area contributed by atoms with Gasteiger partial charge in [-0.1, -0.05) is 18.6 Å². The van der Waals surface area contributed by atoms with Crippen molar-refractivity contribution >= 4 is 20.6 Å². The fraction of sp³-hybridized carbons (Fsp3) is 0.833. The minimum absolute atomic E-state index is 0.0879. The third-order valence-electron chi connectivity index (χ3n) is 8.34. The van der Waals surface area contributed by atoms with Gasteiger partial charge >= 0.3 is 0 Å². The van der Waals surface area contributed by atoms with Crippen LogP contribution in [-0.2, 0) is 14.0 Å². The van der Waals surface area contributed by atoms with Crippen LogP contribution in [-0.4, -0.2) is 43.0 Å². The van der Waals surface area contributed by atoms with Crippen molar-refractivity contribution in [3.8, 4) is 0 Å². The second-order valence-corrected chi connectivity index (χ2v) is 15.7. The fourth-order valence-corrected chi connectivity index (χ4v) is 8.23. The Morgan fingerprint density at radius 3 is 2.40 bits per heavy atom. The standard InChI is InChI=1S/C22H36O3Si.C2H4O2/c1-21-11-10-19-17(18(21)7-8-20(21)24)6-5-15-13-16(25-26(2,3)4)9-12-22(15,19)14-23;1-2(3)4/h13-14,16-20,24H,5-12H2,1-4H3;1H3,(H,3,4)/t16-,17-,18-,19-,20-,21-,22+;/m0./s1. The highest BCUT2D eigenvalue weighted by atomic mass is 28.4. The van der Waals surface area contributed by atoms with Gasteiger partial charge < -0.3 is 19.4 Å². The second kappa shape index (κ2) is 8.51. The van der Waals surface area contributed by atoms with Gasteiger partial charge in [-0.25, -0.2) is 0 Å². The SMILES string of the molecule is CC(=O)O.C[C@]12CC[C@H]3[C@@H](CCC4=C[C@@H](O[Si](C)(C)C)CC[C@@]43C=O)[C@@H]1CC[C@@H]2O. The Hall–Kier alpha value is -0.983. The number of rotatable bonds is 3. The molecule has 0 unspecified atom stereocenters. The number of fused-ring (bicyclic) bond motifs is 5. The van der Waals surface area contributed by atoms with E-state index >= 15 is 0 Å². The first-order valence-corrected chi connectivity index (χ1v) is 15.1. The number of carbonyl (C=O) groups excluding carboxylic acids is 1. The molecule has 3 fully saturated rings. The van der Waals surface area contributed by atoms with E-state index in [9.17, 15) is 9.90 Å². The summed E-state index contributed by atoms with van der Waals surface area (Å²) in [5, 5.41) is 18.0. The molecule has 0 aromatic heterocycles. The van der Waals surface area contributed by atoms with Crippen LogP contribution >= 0.6 is 0 Å². The van der Waals surface area contributed by atoms with Crippen LogP contribution in [0.5, 0.6) is 0 Å². The summed E-state index contributed by atoms with van der Waals surface area (Å²) >= 11 is 0. The van der Waals surface area contributed by atoms with Gasteiger partial charge in [0.15, 0.2) is 8.32 Å². The number of carboxylic acid groups (broad SMARTS) is 1. The summed E-state index contributed by atoms with van der Waals surface area (Å²) in [4.78, 5) is 21.5. The van der Waals surface area contributed by atoms with Crippen molar-refractivity contribution in [1.82, 2.24) is 0 Å². The lowest BCUT2D eigenvalue weighted by molar-refractivity contribution is -0.134. The maximum Gasteiger partial charge on any atom is 0.300 e. The zero-order valence-corrected chi connectivity index (χ0v) is 20.3. The van der Waals surface area contributed by atoms with E-state index in [-0.39, 0.29) is 23.0 Å². The molecule has 5 nitrogen and oxygen atoms in total. The highest BCUT2D eigenvalue weighted by Gasteiger charge is 2.60. The van der Waals surface area contributed by atoms with Crippen LogP contribution in [0.15, 0.2) is 11.6 Å². The van der Waals surface area contributed by atoms with E-state index in [2.05, 4.69) is 32.6 Å². The summed E-state index contributed by atoms with van der Waals surface area (Å²) < 4.78 is 6.37. The lowest BCUT2D eigenvalue weighted by atomic mass is 9.47.